The summed E-state index contributed by atoms with van der Waals surface area (Å²) in [5.41, 5.74) is 6.05. The van der Waals surface area contributed by atoms with Crippen molar-refractivity contribution in [3.8, 4) is 23.0 Å². The molecule has 4 aromatic carbocycles. The van der Waals surface area contributed by atoms with Crippen molar-refractivity contribution in [3.05, 3.63) is 117 Å². The maximum atomic E-state index is 14.4. The molecule has 3 heterocycles. The molecule has 3 aliphatic rings. The third kappa shape index (κ3) is 27.4. The lowest BCUT2D eigenvalue weighted by molar-refractivity contribution is -0.162. The summed E-state index contributed by atoms with van der Waals surface area (Å²) < 4.78 is 77.7. The highest BCUT2D eigenvalue weighted by Crippen LogP contribution is 2.38. The van der Waals surface area contributed by atoms with Crippen LogP contribution < -0.4 is 29.6 Å². The first-order chi connectivity index (χ1) is 49.5. The number of fused-ring (bicyclic) bond motifs is 1. The van der Waals surface area contributed by atoms with E-state index in [4.69, 9.17) is 66.3 Å². The number of ether oxygens (including phenoxy) is 14. The molecule has 0 aromatic heterocycles. The summed E-state index contributed by atoms with van der Waals surface area (Å²) in [6.45, 7) is 21.1. The number of carbonyl (C=O) groups is 8. The summed E-state index contributed by atoms with van der Waals surface area (Å²) in [5, 5.41) is 4.97. The zero-order valence-electron chi connectivity index (χ0n) is 60.7. The highest BCUT2D eigenvalue weighted by Gasteiger charge is 2.46. The number of nitrogens with one attached hydrogen (secondary N) is 2. The molecule has 3 aliphatic heterocycles. The minimum absolute atomic E-state index is 0.0164. The van der Waals surface area contributed by atoms with Gasteiger partial charge in [0.25, 0.3) is 17.7 Å². The topological polar surface area (TPSA) is 296 Å². The van der Waals surface area contributed by atoms with E-state index >= 15 is 0 Å². The molecule has 2 N–H and O–H groups in total. The number of amides is 6. The average molecular weight is 1430 g/mol. The molecular weight excluding hydrogens is 1320 g/mol. The molecule has 0 saturated carbocycles. The smallest absolute Gasteiger partial charge is 0.329 e. The second-order valence-electron chi connectivity index (χ2n) is 24.4. The number of hydrogen-bond acceptors (Lipinski definition) is 22. The van der Waals surface area contributed by atoms with Gasteiger partial charge in [0.15, 0.2) is 23.9 Å². The number of Topliss-reactive ketones (excluding diaryl/α,β-unsaturated/α-hetero) is 1. The zero-order valence-corrected chi connectivity index (χ0v) is 60.7. The van der Waals surface area contributed by atoms with E-state index in [2.05, 4.69) is 42.7 Å². The minimum Gasteiger partial charge on any atom is -0.493 e. The molecule has 4 aromatic rings. The molecule has 0 radical (unpaired) electrons. The van der Waals surface area contributed by atoms with Gasteiger partial charge in [-0.15, -0.1) is 0 Å². The number of ketones is 1. The fourth-order valence-corrected chi connectivity index (χ4v) is 11.6. The lowest BCUT2D eigenvalue weighted by atomic mass is 9.91. The number of esters is 1. The maximum absolute atomic E-state index is 14.4. The van der Waals surface area contributed by atoms with Crippen molar-refractivity contribution in [2.75, 3.05) is 159 Å². The zero-order chi connectivity index (χ0) is 73.4. The SMILES string of the molecule is CCOCCOCCOCCCC(=O)COc1cccc2c1C(=O)N(C1CCC(=O)NC1=O)C2=O.CCOCCOCCOCCOCCOCCOCCNC(=O)COc1cccc(C(CCc2ccc(C)c(C)c2)OC(=O)[C@@H]2CCCCN2C(=O)[C@@H](CC)c2cc(C)c(OC)c(OC)c2)c1. The van der Waals surface area contributed by atoms with Crippen molar-refractivity contribution < 1.29 is 105 Å². The van der Waals surface area contributed by atoms with Gasteiger partial charge in [0.05, 0.1) is 130 Å². The number of hydrogen-bond donors (Lipinski definition) is 2. The quantitative estimate of drug-likeness (QED) is 0.0241. The van der Waals surface area contributed by atoms with Gasteiger partial charge in [-0.05, 0) is 150 Å². The Morgan fingerprint density at radius 3 is 1.83 bits per heavy atom. The van der Waals surface area contributed by atoms with Gasteiger partial charge in [0, 0.05) is 45.8 Å². The number of aryl methyl sites for hydroxylation is 4. The highest BCUT2D eigenvalue weighted by molar-refractivity contribution is 6.24. The van der Waals surface area contributed by atoms with E-state index in [9.17, 15) is 38.4 Å². The third-order valence-corrected chi connectivity index (χ3v) is 17.1. The van der Waals surface area contributed by atoms with Gasteiger partial charge >= 0.3 is 5.97 Å². The van der Waals surface area contributed by atoms with E-state index < -0.39 is 53.7 Å². The van der Waals surface area contributed by atoms with Crippen LogP contribution in [-0.4, -0.2) is 229 Å². The Morgan fingerprint density at radius 2 is 1.23 bits per heavy atom. The molecule has 2 unspecified atom stereocenters. The number of piperidine rings is 2. The number of imide groups is 2. The normalized spacial score (nSPS) is 15.6. The predicted octanol–water partition coefficient (Wildman–Crippen LogP) is 7.92. The van der Waals surface area contributed by atoms with Crippen LogP contribution in [0.4, 0.5) is 0 Å². The molecule has 6 amide bonds. The molecule has 2 saturated heterocycles. The number of carbonyl (C=O) groups excluding carboxylic acids is 8. The average Bonchev–Trinajstić information content (AvgIpc) is 1.59. The Morgan fingerprint density at radius 1 is 0.598 bits per heavy atom. The third-order valence-electron chi connectivity index (χ3n) is 17.1. The minimum atomic E-state index is -1.07. The van der Waals surface area contributed by atoms with Crippen LogP contribution in [0.1, 0.15) is 145 Å². The lowest BCUT2D eigenvalue weighted by Crippen LogP contribution is -2.54. The highest BCUT2D eigenvalue weighted by atomic mass is 16.6. The number of likely N-dealkylation sites (tertiary alicyclic amines) is 1. The van der Waals surface area contributed by atoms with Crippen molar-refractivity contribution in [2.24, 2.45) is 0 Å². The summed E-state index contributed by atoms with van der Waals surface area (Å²) >= 11 is 0. The van der Waals surface area contributed by atoms with E-state index in [1.807, 2.05) is 58.0 Å². The number of rotatable bonds is 48. The molecule has 7 rings (SSSR count). The van der Waals surface area contributed by atoms with Gasteiger partial charge in [-0.3, -0.25) is 43.8 Å². The maximum Gasteiger partial charge on any atom is 0.329 e. The molecule has 0 aliphatic carbocycles. The second-order valence-corrected chi connectivity index (χ2v) is 24.4. The Labute approximate surface area is 599 Å². The first-order valence-electron chi connectivity index (χ1n) is 35.5. The predicted molar refractivity (Wildman–Crippen MR) is 376 cm³/mol. The molecule has 0 spiro atoms. The fraction of sp³-hybridized carbons (Fsp3) is 0.579. The second kappa shape index (κ2) is 46.6. The lowest BCUT2D eigenvalue weighted by Gasteiger charge is -2.37. The van der Waals surface area contributed by atoms with Crippen LogP contribution in [0.25, 0.3) is 0 Å². The molecule has 26 heteroatoms. The van der Waals surface area contributed by atoms with Crippen molar-refractivity contribution in [1.29, 1.82) is 0 Å². The first kappa shape index (κ1) is 83.0. The standard InChI is InChI=1S/C52H76N2O13.C24H30N2O9/c1-8-45(43-34-40(5)50(59-7)48(36-43)58-6)51(56)54-21-11-10-15-46(54)52(57)67-47(19-18-41-17-16-38(3)39(4)33-41)42-13-12-14-44(35-42)66-37-49(55)53-20-22-61-25-26-63-29-30-65-32-31-64-28-27-62-24-23-60-9-2;1-2-32-11-12-34-14-13-33-10-4-5-16(27)15-35-19-7-3-6-17-21(19)24(31)26(23(17)30)18-8-9-20(28)25-22(18)29/h12-14,16-17,33-36,45-47H,8-11,15,18-32,37H2,1-7H3,(H,53,55);3,6-7,18H,2,4-5,8-15H2,1H3,(H,25,28,29)/t45-,46-,47?;/m0./s1. The van der Waals surface area contributed by atoms with Gasteiger partial charge < -0.3 is 76.5 Å². The molecule has 0 bridgehead atoms. The van der Waals surface area contributed by atoms with Crippen molar-refractivity contribution in [3.63, 3.8) is 0 Å². The van der Waals surface area contributed by atoms with Crippen molar-refractivity contribution >= 4 is 47.2 Å². The van der Waals surface area contributed by atoms with E-state index in [1.54, 1.807) is 31.3 Å². The number of benzene rings is 4. The van der Waals surface area contributed by atoms with Gasteiger partial charge in [-0.2, -0.15) is 0 Å². The summed E-state index contributed by atoms with van der Waals surface area (Å²) in [7, 11) is 3.18. The largest absolute Gasteiger partial charge is 0.493 e. The van der Waals surface area contributed by atoms with Gasteiger partial charge in [-0.1, -0.05) is 49.4 Å². The molecule has 102 heavy (non-hydrogen) atoms. The van der Waals surface area contributed by atoms with Gasteiger partial charge in [0.2, 0.25) is 17.7 Å². The number of nitrogens with zero attached hydrogens (tertiary/aromatic N) is 2. The Bertz CT molecular complexity index is 3290. The summed E-state index contributed by atoms with van der Waals surface area (Å²) in [6, 6.07) is 20.2. The van der Waals surface area contributed by atoms with E-state index in [-0.39, 0.29) is 67.0 Å². The van der Waals surface area contributed by atoms with Crippen LogP contribution in [0.2, 0.25) is 0 Å². The van der Waals surface area contributed by atoms with Crippen LogP contribution >= 0.6 is 0 Å². The summed E-state index contributed by atoms with van der Waals surface area (Å²) in [4.78, 5) is 106. The molecule has 562 valence electrons. The van der Waals surface area contributed by atoms with Crippen LogP contribution in [0, 0.1) is 20.8 Å². The van der Waals surface area contributed by atoms with Gasteiger partial charge in [-0.25, -0.2) is 4.79 Å². The van der Waals surface area contributed by atoms with E-state index in [1.165, 1.54) is 23.3 Å². The van der Waals surface area contributed by atoms with Gasteiger partial charge in [0.1, 0.15) is 36.3 Å². The van der Waals surface area contributed by atoms with E-state index in [0.29, 0.717) is 181 Å². The Kier molecular flexibility index (Phi) is 38.0. The van der Waals surface area contributed by atoms with Crippen molar-refractivity contribution in [1.82, 2.24) is 20.4 Å². The Hall–Kier alpha value is -7.92. The van der Waals surface area contributed by atoms with E-state index in [0.717, 1.165) is 40.0 Å². The van der Waals surface area contributed by atoms with Crippen molar-refractivity contribution in [2.45, 2.75) is 130 Å². The molecular formula is C76H106N4O22. The van der Waals surface area contributed by atoms with Crippen LogP contribution in [-0.2, 0) is 82.6 Å². The molecule has 26 nitrogen and oxygen atoms in total. The number of methoxy groups -OCH3 is 2. The Balaban J connectivity index is 0.000000390. The van der Waals surface area contributed by atoms with Crippen LogP contribution in [0.15, 0.2) is 72.8 Å². The summed E-state index contributed by atoms with van der Waals surface area (Å²) in [5.74, 6) is -2.20. The summed E-state index contributed by atoms with van der Waals surface area (Å²) in [6.07, 6.45) is 4.01. The fourth-order valence-electron chi connectivity index (χ4n) is 11.6. The molecule has 2 fully saturated rings. The van der Waals surface area contributed by atoms with Crippen LogP contribution in [0.5, 0.6) is 23.0 Å². The monoisotopic (exact) mass is 1430 g/mol. The molecule has 4 atom stereocenters. The first-order valence-corrected chi connectivity index (χ1v) is 35.5. The van der Waals surface area contributed by atoms with Crippen LogP contribution in [0.3, 0.4) is 0 Å².